The van der Waals surface area contributed by atoms with E-state index in [4.69, 9.17) is 10.2 Å². The molecular formula is C23H19F6NO4. The number of halogens is 6. The van der Waals surface area contributed by atoms with Gasteiger partial charge in [-0.05, 0) is 24.6 Å². The van der Waals surface area contributed by atoms with Crippen LogP contribution in [0.5, 0.6) is 5.75 Å². The van der Waals surface area contributed by atoms with E-state index in [1.807, 2.05) is 6.92 Å². The van der Waals surface area contributed by atoms with E-state index < -0.39 is 52.6 Å². The molecule has 5 nitrogen and oxygen atoms in total. The Labute approximate surface area is 189 Å². The molecule has 0 spiro atoms. The fraction of sp³-hybridized carbons (Fsp3) is 0.304. The summed E-state index contributed by atoms with van der Waals surface area (Å²) in [5.41, 5.74) is 1.35. The first-order valence-corrected chi connectivity index (χ1v) is 10.1. The predicted molar refractivity (Wildman–Crippen MR) is 109 cm³/mol. The molecule has 3 rings (SSSR count). The number of hydrogen-bond donors (Lipinski definition) is 1. The summed E-state index contributed by atoms with van der Waals surface area (Å²) in [7, 11) is 0. The molecule has 34 heavy (non-hydrogen) atoms. The first kappa shape index (κ1) is 25.3. The number of ketones is 1. The summed E-state index contributed by atoms with van der Waals surface area (Å²) < 4.78 is 92.2. The number of carbonyl (C=O) groups is 2. The van der Waals surface area contributed by atoms with Gasteiger partial charge in [0.05, 0.1) is 22.7 Å². The molecule has 2 aromatic carbocycles. The van der Waals surface area contributed by atoms with E-state index in [0.29, 0.717) is 19.8 Å². The van der Waals surface area contributed by atoms with Gasteiger partial charge in [0.2, 0.25) is 0 Å². The Hall–Kier alpha value is -3.34. The van der Waals surface area contributed by atoms with Crippen LogP contribution in [0.25, 0.3) is 11.0 Å². The fourth-order valence-corrected chi connectivity index (χ4v) is 3.58. The molecule has 182 valence electrons. The average Bonchev–Trinajstić information content (AvgIpc) is 3.11. The van der Waals surface area contributed by atoms with Gasteiger partial charge in [0.15, 0.2) is 11.5 Å². The van der Waals surface area contributed by atoms with E-state index in [0.717, 1.165) is 0 Å². The van der Waals surface area contributed by atoms with E-state index in [1.165, 1.54) is 18.2 Å². The van der Waals surface area contributed by atoms with Gasteiger partial charge in [-0.25, -0.2) is 0 Å². The molecule has 0 aliphatic carbocycles. The number of rotatable bonds is 6. The van der Waals surface area contributed by atoms with Crippen molar-refractivity contribution >= 4 is 22.7 Å². The Morgan fingerprint density at radius 3 is 2.09 bits per heavy atom. The standard InChI is InChI=1S/C23H19F6NO4/c1-3-6-16(30)21-18(13-7-4-5-8-17(13)34-21)19(32)12-9-14(22(24,25)26)20(33-11(2)31)15(10-12)23(27,28)29/h4-5,7-10,16H,3,6,30H2,1-2H3. The maximum absolute atomic E-state index is 13.7. The maximum atomic E-state index is 13.7. The van der Waals surface area contributed by atoms with Gasteiger partial charge in [-0.2, -0.15) is 26.3 Å². The van der Waals surface area contributed by atoms with Gasteiger partial charge in [0.25, 0.3) is 0 Å². The fourth-order valence-electron chi connectivity index (χ4n) is 3.58. The lowest BCUT2D eigenvalue weighted by Gasteiger charge is -2.19. The number of benzene rings is 2. The summed E-state index contributed by atoms with van der Waals surface area (Å²) in [5, 5.41) is 0.195. The summed E-state index contributed by atoms with van der Waals surface area (Å²) in [6, 6.07) is 5.72. The highest BCUT2D eigenvalue weighted by molar-refractivity contribution is 6.17. The number of furan rings is 1. The molecule has 1 atom stereocenters. The molecule has 1 aromatic heterocycles. The molecule has 0 fully saturated rings. The molecule has 0 radical (unpaired) electrons. The minimum absolute atomic E-state index is 0.0424. The molecule has 3 aromatic rings. The number of esters is 1. The molecule has 0 saturated heterocycles. The second kappa shape index (κ2) is 9.13. The zero-order valence-electron chi connectivity index (χ0n) is 17.9. The van der Waals surface area contributed by atoms with Crippen LogP contribution in [0.2, 0.25) is 0 Å². The molecule has 0 aliphatic rings. The summed E-state index contributed by atoms with van der Waals surface area (Å²) in [4.78, 5) is 24.6. The smallest absolute Gasteiger partial charge is 0.420 e. The third-order valence-electron chi connectivity index (χ3n) is 4.99. The average molecular weight is 487 g/mol. The first-order chi connectivity index (χ1) is 15.8. The van der Waals surface area contributed by atoms with E-state index in [1.54, 1.807) is 6.07 Å². The SMILES string of the molecule is CCCC(N)c1oc2ccccc2c1C(=O)c1cc(C(F)(F)F)c(OC(C)=O)c(C(F)(F)F)c1. The molecule has 2 N–H and O–H groups in total. The number of hydrogen-bond acceptors (Lipinski definition) is 5. The minimum Gasteiger partial charge on any atom is -0.459 e. The van der Waals surface area contributed by atoms with Gasteiger partial charge in [-0.3, -0.25) is 9.59 Å². The summed E-state index contributed by atoms with van der Waals surface area (Å²) in [6.07, 6.45) is -9.78. The van der Waals surface area contributed by atoms with Crippen LogP contribution in [0.15, 0.2) is 40.8 Å². The van der Waals surface area contributed by atoms with E-state index >= 15 is 0 Å². The molecular weight excluding hydrogens is 468 g/mol. The second-order valence-electron chi connectivity index (χ2n) is 7.55. The Kier molecular flexibility index (Phi) is 6.79. The number of ether oxygens (including phenoxy) is 1. The lowest BCUT2D eigenvalue weighted by atomic mass is 9.93. The van der Waals surface area contributed by atoms with Crippen LogP contribution in [-0.2, 0) is 17.1 Å². The van der Waals surface area contributed by atoms with Crippen LogP contribution in [0.1, 0.15) is 65.5 Å². The van der Waals surface area contributed by atoms with Crippen molar-refractivity contribution in [2.45, 2.75) is 45.1 Å². The van der Waals surface area contributed by atoms with Crippen LogP contribution in [0.3, 0.4) is 0 Å². The zero-order chi connectivity index (χ0) is 25.4. The Balaban J connectivity index is 2.33. The summed E-state index contributed by atoms with van der Waals surface area (Å²) in [5.74, 6) is -4.29. The zero-order valence-corrected chi connectivity index (χ0v) is 17.9. The van der Waals surface area contributed by atoms with Crippen LogP contribution < -0.4 is 10.5 Å². The van der Waals surface area contributed by atoms with E-state index in [2.05, 4.69) is 4.74 Å². The van der Waals surface area contributed by atoms with E-state index in [9.17, 15) is 35.9 Å². The number of carbonyl (C=O) groups excluding carboxylic acids is 2. The summed E-state index contributed by atoms with van der Waals surface area (Å²) in [6.45, 7) is 2.47. The van der Waals surface area contributed by atoms with Gasteiger partial charge >= 0.3 is 18.3 Å². The topological polar surface area (TPSA) is 82.5 Å². The van der Waals surface area contributed by atoms with Crippen molar-refractivity contribution in [1.82, 2.24) is 0 Å². The molecule has 0 aliphatic heterocycles. The highest BCUT2D eigenvalue weighted by atomic mass is 19.4. The number of nitrogens with two attached hydrogens (primary N) is 1. The minimum atomic E-state index is -5.36. The third kappa shape index (κ3) is 4.93. The highest BCUT2D eigenvalue weighted by Gasteiger charge is 2.44. The molecule has 1 unspecified atom stereocenters. The van der Waals surface area contributed by atoms with Gasteiger partial charge in [0, 0.05) is 17.9 Å². The Morgan fingerprint density at radius 1 is 1.03 bits per heavy atom. The largest absolute Gasteiger partial charge is 0.459 e. The van der Waals surface area contributed by atoms with Crippen LogP contribution in [0.4, 0.5) is 26.3 Å². The lowest BCUT2D eigenvalue weighted by molar-refractivity contribution is -0.148. The van der Waals surface area contributed by atoms with Gasteiger partial charge in [-0.1, -0.05) is 31.5 Å². The van der Waals surface area contributed by atoms with Crippen LogP contribution in [0, 0.1) is 0 Å². The second-order valence-corrected chi connectivity index (χ2v) is 7.55. The molecule has 0 amide bonds. The number of alkyl halides is 6. The van der Waals surface area contributed by atoms with Crippen molar-refractivity contribution in [2.75, 3.05) is 0 Å². The Bertz CT molecular complexity index is 1210. The predicted octanol–water partition coefficient (Wildman–Crippen LogP) is 6.43. The van der Waals surface area contributed by atoms with Crippen LogP contribution >= 0.6 is 0 Å². The van der Waals surface area contributed by atoms with E-state index in [-0.39, 0.29) is 34.4 Å². The van der Waals surface area contributed by atoms with Crippen molar-refractivity contribution < 1.29 is 45.1 Å². The van der Waals surface area contributed by atoms with Gasteiger partial charge in [0.1, 0.15) is 11.3 Å². The van der Waals surface area contributed by atoms with Crippen molar-refractivity contribution in [3.05, 3.63) is 64.4 Å². The Morgan fingerprint density at radius 2 is 1.59 bits per heavy atom. The molecule has 11 heteroatoms. The van der Waals surface area contributed by atoms with Crippen LogP contribution in [-0.4, -0.2) is 11.8 Å². The van der Waals surface area contributed by atoms with Gasteiger partial charge < -0.3 is 14.9 Å². The molecule has 1 heterocycles. The molecule has 0 bridgehead atoms. The van der Waals surface area contributed by atoms with Crippen molar-refractivity contribution in [1.29, 1.82) is 0 Å². The van der Waals surface area contributed by atoms with Crippen molar-refractivity contribution in [2.24, 2.45) is 5.73 Å². The lowest BCUT2D eigenvalue weighted by Crippen LogP contribution is -2.20. The summed E-state index contributed by atoms with van der Waals surface area (Å²) >= 11 is 0. The van der Waals surface area contributed by atoms with Gasteiger partial charge in [-0.15, -0.1) is 0 Å². The maximum Gasteiger partial charge on any atom is 0.420 e. The van der Waals surface area contributed by atoms with Crippen molar-refractivity contribution in [3.8, 4) is 5.75 Å². The first-order valence-electron chi connectivity index (χ1n) is 10.1. The quantitative estimate of drug-likeness (QED) is 0.188. The number of fused-ring (bicyclic) bond motifs is 1. The third-order valence-corrected chi connectivity index (χ3v) is 4.99. The number of para-hydroxylation sites is 1. The normalized spacial score (nSPS) is 13.2. The monoisotopic (exact) mass is 487 g/mol. The van der Waals surface area contributed by atoms with Crippen molar-refractivity contribution in [3.63, 3.8) is 0 Å². The molecule has 0 saturated carbocycles. The highest BCUT2D eigenvalue weighted by Crippen LogP contribution is 2.46.